The zero-order valence-electron chi connectivity index (χ0n) is 10.0. The Morgan fingerprint density at radius 3 is 2.67 bits per heavy atom. The van der Waals surface area contributed by atoms with E-state index in [1.807, 2.05) is 0 Å². The van der Waals surface area contributed by atoms with Gasteiger partial charge < -0.3 is 9.47 Å². The second-order valence-corrected chi connectivity index (χ2v) is 4.53. The summed E-state index contributed by atoms with van der Waals surface area (Å²) >= 11 is 0. The van der Waals surface area contributed by atoms with Crippen LogP contribution in [0.4, 0.5) is 0 Å². The molecule has 0 aromatic heterocycles. The molecule has 1 rings (SSSR count). The summed E-state index contributed by atoms with van der Waals surface area (Å²) in [4.78, 5) is 11.2. The zero-order chi connectivity index (χ0) is 11.5. The van der Waals surface area contributed by atoms with E-state index < -0.39 is 0 Å². The molecule has 1 atom stereocenters. The van der Waals surface area contributed by atoms with Gasteiger partial charge in [-0.05, 0) is 19.3 Å². The lowest BCUT2D eigenvalue weighted by atomic mass is 9.71. The minimum atomic E-state index is -0.269. The van der Waals surface area contributed by atoms with Gasteiger partial charge in [-0.2, -0.15) is 0 Å². The summed E-state index contributed by atoms with van der Waals surface area (Å²) in [5.74, 6) is -0.269. The topological polar surface area (TPSA) is 35.5 Å². The molecule has 86 valence electrons. The second-order valence-electron chi connectivity index (χ2n) is 4.53. The Labute approximate surface area is 91.4 Å². The lowest BCUT2D eigenvalue weighted by molar-refractivity contribution is -0.135. The maximum atomic E-state index is 11.2. The first kappa shape index (κ1) is 12.2. The van der Waals surface area contributed by atoms with Crippen LogP contribution < -0.4 is 0 Å². The molecule has 15 heavy (non-hydrogen) atoms. The van der Waals surface area contributed by atoms with Gasteiger partial charge in [-0.15, -0.1) is 0 Å². The number of esters is 1. The van der Waals surface area contributed by atoms with Gasteiger partial charge in [0, 0.05) is 18.6 Å². The molecule has 3 nitrogen and oxygen atoms in total. The third-order valence-corrected chi connectivity index (χ3v) is 3.32. The predicted molar refractivity (Wildman–Crippen MR) is 58.5 cm³/mol. The first-order valence-corrected chi connectivity index (χ1v) is 5.34. The highest BCUT2D eigenvalue weighted by Crippen LogP contribution is 2.41. The van der Waals surface area contributed by atoms with Crippen LogP contribution in [0.3, 0.4) is 0 Å². The smallest absolute Gasteiger partial charge is 0.330 e. The van der Waals surface area contributed by atoms with Gasteiger partial charge in [-0.1, -0.05) is 19.4 Å². The van der Waals surface area contributed by atoms with Crippen LogP contribution >= 0.6 is 0 Å². The van der Waals surface area contributed by atoms with Gasteiger partial charge >= 0.3 is 5.97 Å². The summed E-state index contributed by atoms with van der Waals surface area (Å²) in [5.41, 5.74) is 1.06. The van der Waals surface area contributed by atoms with Gasteiger partial charge in [0.05, 0.1) is 13.2 Å². The fourth-order valence-corrected chi connectivity index (χ4v) is 2.24. The molecule has 0 spiro atoms. The van der Waals surface area contributed by atoms with E-state index in [4.69, 9.17) is 4.74 Å². The van der Waals surface area contributed by atoms with Crippen LogP contribution in [-0.4, -0.2) is 26.3 Å². The Balaban J connectivity index is 2.88. The molecule has 0 N–H and O–H groups in total. The molecule has 1 aliphatic rings. The van der Waals surface area contributed by atoms with Gasteiger partial charge in [-0.3, -0.25) is 0 Å². The average molecular weight is 212 g/mol. The van der Waals surface area contributed by atoms with Gasteiger partial charge in [0.25, 0.3) is 0 Å². The third kappa shape index (κ3) is 2.59. The van der Waals surface area contributed by atoms with Crippen LogP contribution in [0, 0.1) is 5.41 Å². The molecule has 0 saturated heterocycles. The van der Waals surface area contributed by atoms with Crippen LogP contribution in [0.15, 0.2) is 11.6 Å². The van der Waals surface area contributed by atoms with Crippen LogP contribution in [0.25, 0.3) is 0 Å². The number of rotatable bonds is 2. The van der Waals surface area contributed by atoms with Gasteiger partial charge in [0.15, 0.2) is 0 Å². The minimum absolute atomic E-state index is 0.0683. The van der Waals surface area contributed by atoms with Gasteiger partial charge in [0.2, 0.25) is 0 Å². The van der Waals surface area contributed by atoms with Crippen molar-refractivity contribution in [3.05, 3.63) is 11.6 Å². The molecule has 0 unspecified atom stereocenters. The zero-order valence-corrected chi connectivity index (χ0v) is 10.0. The monoisotopic (exact) mass is 212 g/mol. The summed E-state index contributed by atoms with van der Waals surface area (Å²) in [6.07, 6.45) is 4.90. The van der Waals surface area contributed by atoms with Crippen molar-refractivity contribution in [2.45, 2.75) is 39.2 Å². The highest BCUT2D eigenvalue weighted by Gasteiger charge is 2.36. The van der Waals surface area contributed by atoms with Crippen LogP contribution in [0.1, 0.15) is 33.1 Å². The van der Waals surface area contributed by atoms with E-state index in [1.54, 1.807) is 13.2 Å². The Morgan fingerprint density at radius 1 is 1.47 bits per heavy atom. The van der Waals surface area contributed by atoms with Crippen molar-refractivity contribution in [2.24, 2.45) is 5.41 Å². The van der Waals surface area contributed by atoms with Crippen molar-refractivity contribution in [3.8, 4) is 0 Å². The lowest BCUT2D eigenvalue weighted by Gasteiger charge is -2.39. The predicted octanol–water partition coefficient (Wildman–Crippen LogP) is 2.31. The second kappa shape index (κ2) is 4.79. The standard InChI is InChI=1S/C12H20O3/c1-12(2)9(8-11(13)15-4)6-5-7-10(12)14-3/h8,10H,5-7H2,1-4H3/b9-8-/t10-/m0/s1. The average Bonchev–Trinajstić information content (AvgIpc) is 2.20. The molecule has 0 amide bonds. The fraction of sp³-hybridized carbons (Fsp3) is 0.750. The van der Waals surface area contributed by atoms with E-state index >= 15 is 0 Å². The molecule has 0 aromatic rings. The van der Waals surface area contributed by atoms with Crippen molar-refractivity contribution in [1.29, 1.82) is 0 Å². The van der Waals surface area contributed by atoms with E-state index in [1.165, 1.54) is 7.11 Å². The summed E-state index contributed by atoms with van der Waals surface area (Å²) in [6, 6.07) is 0. The highest BCUT2D eigenvalue weighted by atomic mass is 16.5. The fourth-order valence-electron chi connectivity index (χ4n) is 2.24. The Hall–Kier alpha value is -0.830. The highest BCUT2D eigenvalue weighted by molar-refractivity contribution is 5.82. The molecule has 0 aliphatic heterocycles. The molecular formula is C12H20O3. The third-order valence-electron chi connectivity index (χ3n) is 3.32. The molecular weight excluding hydrogens is 192 g/mol. The molecule has 1 fully saturated rings. The van der Waals surface area contributed by atoms with Crippen molar-refractivity contribution in [1.82, 2.24) is 0 Å². The SMILES string of the molecule is COC(=O)/C=C1/CCC[C@H](OC)C1(C)C. The largest absolute Gasteiger partial charge is 0.466 e. The number of carbonyl (C=O) groups is 1. The van der Waals surface area contributed by atoms with E-state index in [9.17, 15) is 4.79 Å². The summed E-state index contributed by atoms with van der Waals surface area (Å²) in [5, 5.41) is 0. The Morgan fingerprint density at radius 2 is 2.13 bits per heavy atom. The first-order chi connectivity index (χ1) is 7.02. The Kier molecular flexibility index (Phi) is 3.91. The molecule has 1 aliphatic carbocycles. The normalized spacial score (nSPS) is 27.7. The number of ether oxygens (including phenoxy) is 2. The van der Waals surface area contributed by atoms with Crippen molar-refractivity contribution in [2.75, 3.05) is 14.2 Å². The number of hydrogen-bond acceptors (Lipinski definition) is 3. The summed E-state index contributed by atoms with van der Waals surface area (Å²) in [7, 11) is 3.14. The molecule has 0 radical (unpaired) electrons. The lowest BCUT2D eigenvalue weighted by Crippen LogP contribution is -2.36. The number of hydrogen-bond donors (Lipinski definition) is 0. The minimum Gasteiger partial charge on any atom is -0.466 e. The molecule has 3 heteroatoms. The number of carbonyl (C=O) groups excluding carboxylic acids is 1. The summed E-state index contributed by atoms with van der Waals surface area (Å²) in [6.45, 7) is 4.24. The van der Waals surface area contributed by atoms with Gasteiger partial charge in [-0.25, -0.2) is 4.79 Å². The van der Waals surface area contributed by atoms with E-state index in [-0.39, 0.29) is 17.5 Å². The van der Waals surface area contributed by atoms with Crippen LogP contribution in [0.5, 0.6) is 0 Å². The van der Waals surface area contributed by atoms with Crippen molar-refractivity contribution < 1.29 is 14.3 Å². The molecule has 1 saturated carbocycles. The van der Waals surface area contributed by atoms with Crippen LogP contribution in [-0.2, 0) is 14.3 Å². The van der Waals surface area contributed by atoms with E-state index in [0.717, 1.165) is 24.8 Å². The van der Waals surface area contributed by atoms with Crippen molar-refractivity contribution >= 4 is 5.97 Å². The molecule has 0 aromatic carbocycles. The molecule has 0 bridgehead atoms. The maximum Gasteiger partial charge on any atom is 0.330 e. The van der Waals surface area contributed by atoms with E-state index in [0.29, 0.717) is 0 Å². The summed E-state index contributed by atoms with van der Waals surface area (Å²) < 4.78 is 10.1. The van der Waals surface area contributed by atoms with Crippen LogP contribution in [0.2, 0.25) is 0 Å². The molecule has 0 heterocycles. The quantitative estimate of drug-likeness (QED) is 0.520. The van der Waals surface area contributed by atoms with E-state index in [2.05, 4.69) is 18.6 Å². The first-order valence-electron chi connectivity index (χ1n) is 5.34. The number of methoxy groups -OCH3 is 2. The maximum absolute atomic E-state index is 11.2. The Bertz CT molecular complexity index is 266. The van der Waals surface area contributed by atoms with Gasteiger partial charge in [0.1, 0.15) is 0 Å². The van der Waals surface area contributed by atoms with Crippen molar-refractivity contribution in [3.63, 3.8) is 0 Å².